The number of hydrogen-bond donors (Lipinski definition) is 1. The van der Waals surface area contributed by atoms with Crippen LogP contribution >= 0.6 is 0 Å². The molecule has 0 amide bonds. The Morgan fingerprint density at radius 2 is 2.27 bits per heavy atom. The van der Waals surface area contributed by atoms with Gasteiger partial charge in [-0.1, -0.05) is 37.5 Å². The third-order valence-corrected chi connectivity index (χ3v) is 2.51. The Bertz CT molecular complexity index is 338. The maximum Gasteiger partial charge on any atom is 0.0406 e. The fourth-order valence-electron chi connectivity index (χ4n) is 1.34. The van der Waals surface area contributed by atoms with E-state index in [1.54, 1.807) is 0 Å². The van der Waals surface area contributed by atoms with Gasteiger partial charge in [-0.05, 0) is 30.9 Å². The molecular weight excluding hydrogens is 182 g/mol. The van der Waals surface area contributed by atoms with Gasteiger partial charge in [0.25, 0.3) is 0 Å². The summed E-state index contributed by atoms with van der Waals surface area (Å²) in [6.45, 7) is 11.1. The smallest absolute Gasteiger partial charge is 0.0406 e. The summed E-state index contributed by atoms with van der Waals surface area (Å²) in [5.74, 6) is 0. The molecule has 0 aliphatic carbocycles. The van der Waals surface area contributed by atoms with Gasteiger partial charge in [-0.15, -0.1) is 0 Å². The SMILES string of the molecule is C=C(CC)CCC(=C)C1=C=CNCC=C1. The summed E-state index contributed by atoms with van der Waals surface area (Å²) >= 11 is 0. The lowest BCUT2D eigenvalue weighted by atomic mass is 10.00. The van der Waals surface area contributed by atoms with Crippen LogP contribution in [-0.4, -0.2) is 6.54 Å². The first-order valence-corrected chi connectivity index (χ1v) is 5.44. The van der Waals surface area contributed by atoms with E-state index < -0.39 is 0 Å². The highest BCUT2D eigenvalue weighted by atomic mass is 14.8. The Morgan fingerprint density at radius 1 is 1.47 bits per heavy atom. The molecule has 15 heavy (non-hydrogen) atoms. The first kappa shape index (κ1) is 11.6. The third-order valence-electron chi connectivity index (χ3n) is 2.51. The van der Waals surface area contributed by atoms with Crippen molar-refractivity contribution in [1.82, 2.24) is 5.32 Å². The van der Waals surface area contributed by atoms with Crippen molar-refractivity contribution in [2.45, 2.75) is 26.2 Å². The molecule has 0 fully saturated rings. The second kappa shape index (κ2) is 6.10. The fraction of sp³-hybridized carbons (Fsp3) is 0.357. The van der Waals surface area contributed by atoms with Crippen LogP contribution in [-0.2, 0) is 0 Å². The highest BCUT2D eigenvalue weighted by Gasteiger charge is 2.01. The van der Waals surface area contributed by atoms with Crippen LogP contribution in [0.5, 0.6) is 0 Å². The molecule has 1 rings (SSSR count). The number of nitrogens with one attached hydrogen (secondary N) is 1. The molecule has 1 aliphatic heterocycles. The molecule has 1 heterocycles. The monoisotopic (exact) mass is 201 g/mol. The average molecular weight is 201 g/mol. The summed E-state index contributed by atoms with van der Waals surface area (Å²) in [6, 6.07) is 0. The van der Waals surface area contributed by atoms with E-state index in [0.29, 0.717) is 0 Å². The average Bonchev–Trinajstić information content (AvgIpc) is 2.53. The van der Waals surface area contributed by atoms with E-state index in [-0.39, 0.29) is 0 Å². The molecular formula is C14H19N. The van der Waals surface area contributed by atoms with Crippen molar-refractivity contribution in [2.75, 3.05) is 6.54 Å². The minimum atomic E-state index is 0.867. The lowest BCUT2D eigenvalue weighted by Gasteiger charge is -2.05. The summed E-state index contributed by atoms with van der Waals surface area (Å²) < 4.78 is 0. The molecule has 0 saturated heterocycles. The molecule has 0 saturated carbocycles. The lowest BCUT2D eigenvalue weighted by molar-refractivity contribution is 0.890. The van der Waals surface area contributed by atoms with Gasteiger partial charge < -0.3 is 5.32 Å². The third kappa shape index (κ3) is 4.05. The predicted molar refractivity (Wildman–Crippen MR) is 66.5 cm³/mol. The van der Waals surface area contributed by atoms with E-state index in [0.717, 1.165) is 37.0 Å². The van der Waals surface area contributed by atoms with Crippen molar-refractivity contribution in [1.29, 1.82) is 0 Å². The molecule has 0 aromatic carbocycles. The zero-order chi connectivity index (χ0) is 11.1. The van der Waals surface area contributed by atoms with Crippen LogP contribution in [0.15, 0.2) is 54.0 Å². The Balaban J connectivity index is 2.53. The van der Waals surface area contributed by atoms with Gasteiger partial charge in [-0.3, -0.25) is 0 Å². The van der Waals surface area contributed by atoms with E-state index in [1.807, 2.05) is 6.20 Å². The first-order chi connectivity index (χ1) is 7.24. The molecule has 0 radical (unpaired) electrons. The van der Waals surface area contributed by atoms with Crippen molar-refractivity contribution in [3.63, 3.8) is 0 Å². The van der Waals surface area contributed by atoms with Crippen LogP contribution < -0.4 is 5.32 Å². The topological polar surface area (TPSA) is 12.0 Å². The van der Waals surface area contributed by atoms with Gasteiger partial charge in [0.15, 0.2) is 0 Å². The molecule has 0 atom stereocenters. The number of rotatable bonds is 5. The summed E-state index contributed by atoms with van der Waals surface area (Å²) in [7, 11) is 0. The van der Waals surface area contributed by atoms with E-state index in [1.165, 1.54) is 5.57 Å². The second-order valence-electron chi connectivity index (χ2n) is 3.72. The van der Waals surface area contributed by atoms with Crippen LogP contribution in [0, 0.1) is 0 Å². The maximum atomic E-state index is 4.09. The van der Waals surface area contributed by atoms with Crippen LogP contribution in [0.3, 0.4) is 0 Å². The molecule has 1 N–H and O–H groups in total. The van der Waals surface area contributed by atoms with E-state index in [2.05, 4.69) is 43.3 Å². The molecule has 1 aliphatic rings. The van der Waals surface area contributed by atoms with Gasteiger partial charge in [0.2, 0.25) is 0 Å². The van der Waals surface area contributed by atoms with Crippen molar-refractivity contribution in [3.05, 3.63) is 54.0 Å². The van der Waals surface area contributed by atoms with Crippen molar-refractivity contribution in [3.8, 4) is 0 Å². The molecule has 0 spiro atoms. The Kier molecular flexibility index (Phi) is 4.73. The number of allylic oxidation sites excluding steroid dienone is 4. The summed E-state index contributed by atoms with van der Waals surface area (Å²) in [5, 5.41) is 3.11. The first-order valence-electron chi connectivity index (χ1n) is 5.44. The minimum Gasteiger partial charge on any atom is -0.381 e. The molecule has 1 heteroatoms. The zero-order valence-corrected chi connectivity index (χ0v) is 9.47. The summed E-state index contributed by atoms with van der Waals surface area (Å²) in [4.78, 5) is 0. The van der Waals surface area contributed by atoms with Gasteiger partial charge in [0.05, 0.1) is 0 Å². The minimum absolute atomic E-state index is 0.867. The lowest BCUT2D eigenvalue weighted by Crippen LogP contribution is -2.01. The normalized spacial score (nSPS) is 14.1. The molecule has 0 unspecified atom stereocenters. The molecule has 0 aromatic rings. The maximum absolute atomic E-state index is 4.09. The molecule has 0 bridgehead atoms. The predicted octanol–water partition coefficient (Wildman–Crippen LogP) is 3.49. The molecule has 0 aromatic heterocycles. The van der Waals surface area contributed by atoms with Crippen LogP contribution in [0.2, 0.25) is 0 Å². The van der Waals surface area contributed by atoms with E-state index in [4.69, 9.17) is 0 Å². The van der Waals surface area contributed by atoms with E-state index in [9.17, 15) is 0 Å². The van der Waals surface area contributed by atoms with Gasteiger partial charge >= 0.3 is 0 Å². The molecule has 80 valence electrons. The summed E-state index contributed by atoms with van der Waals surface area (Å²) in [5.41, 5.74) is 6.72. The zero-order valence-electron chi connectivity index (χ0n) is 9.47. The van der Waals surface area contributed by atoms with Crippen LogP contribution in [0.1, 0.15) is 26.2 Å². The fourth-order valence-corrected chi connectivity index (χ4v) is 1.34. The largest absolute Gasteiger partial charge is 0.381 e. The van der Waals surface area contributed by atoms with Gasteiger partial charge in [0, 0.05) is 18.3 Å². The van der Waals surface area contributed by atoms with Crippen LogP contribution in [0.4, 0.5) is 0 Å². The Hall–Kier alpha value is -1.46. The Labute approximate surface area is 92.6 Å². The van der Waals surface area contributed by atoms with Crippen molar-refractivity contribution >= 4 is 0 Å². The highest BCUT2D eigenvalue weighted by Crippen LogP contribution is 2.18. The van der Waals surface area contributed by atoms with Crippen molar-refractivity contribution < 1.29 is 0 Å². The van der Waals surface area contributed by atoms with Gasteiger partial charge in [-0.25, -0.2) is 0 Å². The highest BCUT2D eigenvalue weighted by molar-refractivity contribution is 5.38. The van der Waals surface area contributed by atoms with Crippen LogP contribution in [0.25, 0.3) is 0 Å². The Morgan fingerprint density at radius 3 is 3.00 bits per heavy atom. The van der Waals surface area contributed by atoms with Gasteiger partial charge in [0.1, 0.15) is 0 Å². The van der Waals surface area contributed by atoms with Crippen molar-refractivity contribution in [2.24, 2.45) is 0 Å². The van der Waals surface area contributed by atoms with Gasteiger partial charge in [-0.2, -0.15) is 0 Å². The quantitative estimate of drug-likeness (QED) is 0.530. The number of hydrogen-bond acceptors (Lipinski definition) is 1. The molecule has 1 nitrogen and oxygen atoms in total. The van der Waals surface area contributed by atoms with E-state index >= 15 is 0 Å². The second-order valence-corrected chi connectivity index (χ2v) is 3.72. The summed E-state index contributed by atoms with van der Waals surface area (Å²) in [6.07, 6.45) is 9.09. The standard InChI is InChI=1S/C14H19N/c1-4-12(2)7-8-13(3)14-6-5-10-15-11-9-14/h5-6,11,15H,2-4,7-8,10H2,1H3.